The molecule has 6 heteroatoms. The van der Waals surface area contributed by atoms with E-state index < -0.39 is 25.4 Å². The van der Waals surface area contributed by atoms with Gasteiger partial charge in [-0.2, -0.15) is 0 Å². The second-order valence-corrected chi connectivity index (χ2v) is 4.55. The third-order valence-electron chi connectivity index (χ3n) is 2.53. The summed E-state index contributed by atoms with van der Waals surface area (Å²) in [5.41, 5.74) is 6.53. The van der Waals surface area contributed by atoms with Gasteiger partial charge in [0, 0.05) is 0 Å². The number of nitrogens with two attached hydrogens (primary N) is 1. The minimum atomic E-state index is -1.21. The SMILES string of the molecule is Bc1cc(C)cc(C)c1F.NC(CO)(CO)CO. The Morgan fingerprint density at radius 1 is 1.17 bits per heavy atom. The highest BCUT2D eigenvalue weighted by atomic mass is 19.1. The van der Waals surface area contributed by atoms with Crippen LogP contribution in [0.15, 0.2) is 12.1 Å². The Morgan fingerprint density at radius 3 is 1.89 bits per heavy atom. The number of rotatable bonds is 3. The Bertz CT molecular complexity index is 352. The molecule has 0 aromatic heterocycles. The van der Waals surface area contributed by atoms with Crippen LogP contribution in [0.4, 0.5) is 4.39 Å². The van der Waals surface area contributed by atoms with Gasteiger partial charge < -0.3 is 21.1 Å². The highest BCUT2D eigenvalue weighted by molar-refractivity contribution is 6.32. The highest BCUT2D eigenvalue weighted by Gasteiger charge is 2.20. The van der Waals surface area contributed by atoms with E-state index in [-0.39, 0.29) is 5.82 Å². The lowest BCUT2D eigenvalue weighted by Gasteiger charge is -2.20. The third-order valence-corrected chi connectivity index (χ3v) is 2.53. The Hall–Kier alpha value is -0.945. The molecule has 0 spiro atoms. The molecule has 1 rings (SSSR count). The molecule has 18 heavy (non-hydrogen) atoms. The van der Waals surface area contributed by atoms with Crippen LogP contribution in [-0.2, 0) is 0 Å². The summed E-state index contributed by atoms with van der Waals surface area (Å²) in [4.78, 5) is 0. The minimum absolute atomic E-state index is 0.0781. The van der Waals surface area contributed by atoms with Gasteiger partial charge in [-0.25, -0.2) is 4.39 Å². The second-order valence-electron chi connectivity index (χ2n) is 4.55. The first-order valence-electron chi connectivity index (χ1n) is 5.64. The molecule has 0 aliphatic heterocycles. The minimum Gasteiger partial charge on any atom is -0.394 e. The van der Waals surface area contributed by atoms with Crippen molar-refractivity contribution in [2.75, 3.05) is 19.8 Å². The van der Waals surface area contributed by atoms with Gasteiger partial charge in [0.25, 0.3) is 0 Å². The Labute approximate surface area is 108 Å². The zero-order valence-corrected chi connectivity index (χ0v) is 11.1. The number of aryl methyl sites for hydroxylation is 2. The predicted octanol–water partition coefficient (Wildman–Crippen LogP) is -1.64. The fourth-order valence-electron chi connectivity index (χ4n) is 1.31. The van der Waals surface area contributed by atoms with Gasteiger partial charge >= 0.3 is 0 Å². The smallest absolute Gasteiger partial charge is 0.143 e. The molecule has 0 aliphatic rings. The summed E-state index contributed by atoms with van der Waals surface area (Å²) in [7, 11) is 1.79. The van der Waals surface area contributed by atoms with E-state index in [0.29, 0.717) is 0 Å². The molecule has 0 saturated heterocycles. The molecule has 0 radical (unpaired) electrons. The van der Waals surface area contributed by atoms with Crippen molar-refractivity contribution >= 4 is 13.3 Å². The summed E-state index contributed by atoms with van der Waals surface area (Å²) < 4.78 is 12.9. The molecular formula is C12H21BFNO3. The zero-order valence-electron chi connectivity index (χ0n) is 11.1. The molecular weight excluding hydrogens is 236 g/mol. The van der Waals surface area contributed by atoms with Crippen LogP contribution in [0.5, 0.6) is 0 Å². The Kier molecular flexibility index (Phi) is 7.09. The van der Waals surface area contributed by atoms with E-state index in [1.807, 2.05) is 19.1 Å². The molecule has 4 nitrogen and oxygen atoms in total. The Balaban J connectivity index is 0.000000331. The van der Waals surface area contributed by atoms with E-state index >= 15 is 0 Å². The number of hydrogen-bond acceptors (Lipinski definition) is 4. The monoisotopic (exact) mass is 257 g/mol. The average molecular weight is 257 g/mol. The number of aliphatic hydroxyl groups is 3. The molecule has 1 aromatic rings. The van der Waals surface area contributed by atoms with Crippen molar-refractivity contribution in [2.24, 2.45) is 5.73 Å². The second kappa shape index (κ2) is 7.48. The summed E-state index contributed by atoms with van der Waals surface area (Å²) in [6.07, 6.45) is 0. The van der Waals surface area contributed by atoms with Crippen LogP contribution in [-0.4, -0.2) is 48.5 Å². The van der Waals surface area contributed by atoms with Crippen LogP contribution in [0.3, 0.4) is 0 Å². The van der Waals surface area contributed by atoms with Gasteiger partial charge in [-0.15, -0.1) is 0 Å². The van der Waals surface area contributed by atoms with Gasteiger partial charge in [0.15, 0.2) is 0 Å². The first kappa shape index (κ1) is 17.1. The van der Waals surface area contributed by atoms with Gasteiger partial charge in [0.05, 0.1) is 25.4 Å². The van der Waals surface area contributed by atoms with Crippen molar-refractivity contribution in [3.05, 3.63) is 29.1 Å². The van der Waals surface area contributed by atoms with Gasteiger partial charge in [-0.05, 0) is 19.4 Å². The molecule has 0 amide bonds. The van der Waals surface area contributed by atoms with E-state index in [1.54, 1.807) is 14.8 Å². The summed E-state index contributed by atoms with van der Waals surface area (Å²) in [5.74, 6) is -0.0781. The Morgan fingerprint density at radius 2 is 1.61 bits per heavy atom. The number of halogens is 1. The summed E-state index contributed by atoms with van der Waals surface area (Å²) >= 11 is 0. The van der Waals surface area contributed by atoms with E-state index in [9.17, 15) is 4.39 Å². The fourth-order valence-corrected chi connectivity index (χ4v) is 1.31. The van der Waals surface area contributed by atoms with Crippen molar-refractivity contribution < 1.29 is 19.7 Å². The van der Waals surface area contributed by atoms with Crippen LogP contribution in [0.25, 0.3) is 0 Å². The van der Waals surface area contributed by atoms with E-state index in [4.69, 9.17) is 21.1 Å². The average Bonchev–Trinajstić information content (AvgIpc) is 2.35. The maximum absolute atomic E-state index is 12.9. The summed E-state index contributed by atoms with van der Waals surface area (Å²) in [5, 5.41) is 25.0. The molecule has 0 atom stereocenters. The zero-order chi connectivity index (χ0) is 14.3. The van der Waals surface area contributed by atoms with Gasteiger partial charge in [0.2, 0.25) is 0 Å². The molecule has 102 valence electrons. The van der Waals surface area contributed by atoms with Crippen molar-refractivity contribution in [2.45, 2.75) is 19.4 Å². The molecule has 0 bridgehead atoms. The first-order valence-corrected chi connectivity index (χ1v) is 5.64. The fraction of sp³-hybridized carbons (Fsp3) is 0.500. The molecule has 1 aromatic carbocycles. The van der Waals surface area contributed by atoms with E-state index in [1.165, 1.54) is 0 Å². The third kappa shape index (κ3) is 5.14. The van der Waals surface area contributed by atoms with Crippen LogP contribution in [0.2, 0.25) is 0 Å². The van der Waals surface area contributed by atoms with Gasteiger partial charge in [-0.3, -0.25) is 0 Å². The van der Waals surface area contributed by atoms with Gasteiger partial charge in [0.1, 0.15) is 13.7 Å². The standard InChI is InChI=1S/C8H10BF.C4H11NO3/c1-5-3-6(2)8(10)7(9)4-5;5-4(1-6,2-7)3-8/h3-4H,9H2,1-2H3;6-8H,1-3,5H2. The number of hydrogen-bond donors (Lipinski definition) is 4. The molecule has 0 unspecified atom stereocenters. The van der Waals surface area contributed by atoms with E-state index in [0.717, 1.165) is 16.6 Å². The normalized spacial score (nSPS) is 10.8. The lowest BCUT2D eigenvalue weighted by atomic mass is 9.92. The van der Waals surface area contributed by atoms with Crippen LogP contribution in [0, 0.1) is 19.7 Å². The quantitative estimate of drug-likeness (QED) is 0.489. The molecule has 0 saturated carbocycles. The van der Waals surface area contributed by atoms with Crippen molar-refractivity contribution in [3.63, 3.8) is 0 Å². The predicted molar refractivity (Wildman–Crippen MR) is 72.2 cm³/mol. The van der Waals surface area contributed by atoms with E-state index in [2.05, 4.69) is 0 Å². The summed E-state index contributed by atoms with van der Waals surface area (Å²) in [6.45, 7) is 2.55. The topological polar surface area (TPSA) is 86.7 Å². The molecule has 5 N–H and O–H groups in total. The van der Waals surface area contributed by atoms with Gasteiger partial charge in [-0.1, -0.05) is 23.2 Å². The maximum atomic E-state index is 12.9. The van der Waals surface area contributed by atoms with Crippen molar-refractivity contribution in [1.82, 2.24) is 0 Å². The summed E-state index contributed by atoms with van der Waals surface area (Å²) in [6, 6.07) is 3.70. The maximum Gasteiger partial charge on any atom is 0.143 e. The molecule has 0 heterocycles. The first-order chi connectivity index (χ1) is 8.29. The molecule has 0 fully saturated rings. The molecule has 0 aliphatic carbocycles. The number of aliphatic hydroxyl groups excluding tert-OH is 3. The number of benzene rings is 1. The van der Waals surface area contributed by atoms with Crippen LogP contribution >= 0.6 is 0 Å². The lowest BCUT2D eigenvalue weighted by Crippen LogP contribution is -2.50. The van der Waals surface area contributed by atoms with Crippen LogP contribution in [0.1, 0.15) is 11.1 Å². The largest absolute Gasteiger partial charge is 0.394 e. The lowest BCUT2D eigenvalue weighted by molar-refractivity contribution is 0.0698. The highest BCUT2D eigenvalue weighted by Crippen LogP contribution is 2.04. The van der Waals surface area contributed by atoms with Crippen molar-refractivity contribution in [3.8, 4) is 0 Å². The van der Waals surface area contributed by atoms with Crippen molar-refractivity contribution in [1.29, 1.82) is 0 Å². The van der Waals surface area contributed by atoms with Crippen LogP contribution < -0.4 is 11.2 Å².